The van der Waals surface area contributed by atoms with E-state index < -0.39 is 11.5 Å². The number of nitriles is 1. The molecule has 1 rings (SSSR count). The van der Waals surface area contributed by atoms with Gasteiger partial charge in [-0.3, -0.25) is 0 Å². The molecule has 1 aromatic rings. The van der Waals surface area contributed by atoms with E-state index >= 15 is 0 Å². The van der Waals surface area contributed by atoms with Crippen LogP contribution in [0.4, 0.5) is 0 Å². The molecule has 0 saturated carbocycles. The van der Waals surface area contributed by atoms with Crippen LogP contribution in [0.3, 0.4) is 0 Å². The predicted molar refractivity (Wildman–Crippen MR) is 51.2 cm³/mol. The number of hydrogen-bond acceptors (Lipinski definition) is 4. The normalized spacial score (nSPS) is 13.8. The van der Waals surface area contributed by atoms with Crippen LogP contribution < -0.4 is 0 Å². The van der Waals surface area contributed by atoms with Crippen LogP contribution in [0, 0.1) is 23.7 Å². The van der Waals surface area contributed by atoms with Crippen molar-refractivity contribution < 1.29 is 5.11 Å². The summed E-state index contributed by atoms with van der Waals surface area (Å²) < 4.78 is 0. The van der Waals surface area contributed by atoms with E-state index in [0.29, 0.717) is 5.01 Å². The molecule has 0 amide bonds. The van der Waals surface area contributed by atoms with E-state index in [1.165, 1.54) is 11.3 Å². The maximum absolute atomic E-state index is 9.79. The monoisotopic (exact) mass is 196 g/mol. The van der Waals surface area contributed by atoms with Gasteiger partial charge in [-0.05, 0) is 20.8 Å². The van der Waals surface area contributed by atoms with Gasteiger partial charge in [0.15, 0.2) is 0 Å². The van der Waals surface area contributed by atoms with Crippen molar-refractivity contribution in [2.45, 2.75) is 26.9 Å². The summed E-state index contributed by atoms with van der Waals surface area (Å²) in [7, 11) is 0. The fourth-order valence-electron chi connectivity index (χ4n) is 0.868. The van der Waals surface area contributed by atoms with Gasteiger partial charge in [-0.2, -0.15) is 5.26 Å². The van der Waals surface area contributed by atoms with Crippen LogP contribution in [-0.2, 0) is 0 Å². The summed E-state index contributed by atoms with van der Waals surface area (Å²) in [4.78, 5) is 5.09. The zero-order chi connectivity index (χ0) is 10.1. The van der Waals surface area contributed by atoms with Gasteiger partial charge < -0.3 is 5.11 Å². The Morgan fingerprint density at radius 1 is 1.69 bits per heavy atom. The van der Waals surface area contributed by atoms with Gasteiger partial charge in [0.1, 0.15) is 11.1 Å². The zero-order valence-electron chi connectivity index (χ0n) is 7.90. The summed E-state index contributed by atoms with van der Waals surface area (Å²) in [5.74, 6) is 0. The van der Waals surface area contributed by atoms with Gasteiger partial charge in [-0.15, -0.1) is 11.3 Å². The molecule has 0 fully saturated rings. The Kier molecular flexibility index (Phi) is 2.69. The third-order valence-electron chi connectivity index (χ3n) is 1.84. The fraction of sp³-hybridized carbons (Fsp3) is 0.556. The molecule has 0 aliphatic heterocycles. The lowest BCUT2D eigenvalue weighted by atomic mass is 9.89. The summed E-state index contributed by atoms with van der Waals surface area (Å²) in [5, 5.41) is 19.2. The van der Waals surface area contributed by atoms with Crippen molar-refractivity contribution in [3.8, 4) is 6.07 Å². The lowest BCUT2D eigenvalue weighted by molar-refractivity contribution is 0.0865. The highest BCUT2D eigenvalue weighted by Gasteiger charge is 2.30. The van der Waals surface area contributed by atoms with E-state index in [0.717, 1.165) is 4.88 Å². The van der Waals surface area contributed by atoms with Crippen LogP contribution in [-0.4, -0.2) is 10.1 Å². The highest BCUT2D eigenvalue weighted by atomic mass is 32.1. The highest BCUT2D eigenvalue weighted by molar-refractivity contribution is 7.11. The van der Waals surface area contributed by atoms with Crippen molar-refractivity contribution >= 4 is 11.3 Å². The summed E-state index contributed by atoms with van der Waals surface area (Å²) in [5.41, 5.74) is -0.774. The molecule has 70 valence electrons. The average Bonchev–Trinajstić information content (AvgIpc) is 2.50. The van der Waals surface area contributed by atoms with Crippen LogP contribution >= 0.6 is 11.3 Å². The van der Waals surface area contributed by atoms with Crippen molar-refractivity contribution in [2.75, 3.05) is 0 Å². The molecule has 0 aromatic carbocycles. The van der Waals surface area contributed by atoms with Gasteiger partial charge in [0.05, 0.1) is 11.5 Å². The maximum Gasteiger partial charge on any atom is 0.124 e. The van der Waals surface area contributed by atoms with Gasteiger partial charge in [-0.25, -0.2) is 4.98 Å². The lowest BCUT2D eigenvalue weighted by Crippen LogP contribution is -2.19. The molecule has 0 aliphatic carbocycles. The first-order valence-corrected chi connectivity index (χ1v) is 4.80. The van der Waals surface area contributed by atoms with Gasteiger partial charge in [0.25, 0.3) is 0 Å². The van der Waals surface area contributed by atoms with Crippen LogP contribution in [0.15, 0.2) is 6.20 Å². The van der Waals surface area contributed by atoms with E-state index in [-0.39, 0.29) is 0 Å². The Labute approximate surface area is 81.7 Å². The molecule has 1 N–H and O–H groups in total. The number of hydrogen-bond donors (Lipinski definition) is 1. The van der Waals surface area contributed by atoms with Gasteiger partial charge >= 0.3 is 0 Å². The second-order valence-corrected chi connectivity index (χ2v) is 4.81. The zero-order valence-corrected chi connectivity index (χ0v) is 8.72. The van der Waals surface area contributed by atoms with E-state index in [1.54, 1.807) is 20.0 Å². The van der Waals surface area contributed by atoms with Crippen molar-refractivity contribution in [1.82, 2.24) is 4.98 Å². The largest absolute Gasteiger partial charge is 0.384 e. The predicted octanol–water partition coefficient (Wildman–Crippen LogP) is 2.03. The van der Waals surface area contributed by atoms with Gasteiger partial charge in [-0.1, -0.05) is 0 Å². The minimum atomic E-state index is -0.795. The molecule has 0 aliphatic rings. The van der Waals surface area contributed by atoms with Crippen LogP contribution in [0.25, 0.3) is 0 Å². The number of thiazole rings is 1. The van der Waals surface area contributed by atoms with Crippen LogP contribution in [0.2, 0.25) is 0 Å². The maximum atomic E-state index is 9.79. The Hall–Kier alpha value is -0.920. The highest BCUT2D eigenvalue weighted by Crippen LogP contribution is 2.34. The van der Waals surface area contributed by atoms with Gasteiger partial charge in [0, 0.05) is 11.1 Å². The van der Waals surface area contributed by atoms with Crippen LogP contribution in [0.5, 0.6) is 0 Å². The first-order valence-electron chi connectivity index (χ1n) is 3.99. The third-order valence-corrected chi connectivity index (χ3v) is 2.81. The number of aliphatic hydroxyl groups is 1. The molecule has 13 heavy (non-hydrogen) atoms. The molecule has 0 spiro atoms. The first kappa shape index (κ1) is 10.2. The van der Waals surface area contributed by atoms with E-state index in [2.05, 4.69) is 11.1 Å². The molecule has 0 radical (unpaired) electrons. The Morgan fingerprint density at radius 2 is 2.31 bits per heavy atom. The summed E-state index contributed by atoms with van der Waals surface area (Å²) in [6.07, 6.45) is 0.910. The SMILES string of the molecule is Cc1cnc(C(O)C(C)(C)C#N)s1. The second kappa shape index (κ2) is 3.44. The minimum absolute atomic E-state index is 0.615. The molecule has 1 unspecified atom stereocenters. The molecule has 0 saturated heterocycles. The summed E-state index contributed by atoms with van der Waals surface area (Å²) >= 11 is 1.43. The number of nitrogens with zero attached hydrogens (tertiary/aromatic N) is 2. The molecule has 1 aromatic heterocycles. The number of rotatable bonds is 2. The molecule has 0 bridgehead atoms. The second-order valence-electron chi connectivity index (χ2n) is 3.55. The Balaban J connectivity index is 2.92. The summed E-state index contributed by atoms with van der Waals surface area (Å²) in [6, 6.07) is 2.07. The topological polar surface area (TPSA) is 56.9 Å². The smallest absolute Gasteiger partial charge is 0.124 e. The Morgan fingerprint density at radius 3 is 2.69 bits per heavy atom. The van der Waals surface area contributed by atoms with Gasteiger partial charge in [0.2, 0.25) is 0 Å². The van der Waals surface area contributed by atoms with Crippen molar-refractivity contribution in [1.29, 1.82) is 5.26 Å². The molecule has 1 heterocycles. The van der Waals surface area contributed by atoms with E-state index in [1.807, 2.05) is 6.92 Å². The number of aliphatic hydroxyl groups excluding tert-OH is 1. The van der Waals surface area contributed by atoms with E-state index in [9.17, 15) is 5.11 Å². The number of aromatic nitrogens is 1. The molecule has 4 heteroatoms. The molecule has 3 nitrogen and oxygen atoms in total. The summed E-state index contributed by atoms with van der Waals surface area (Å²) in [6.45, 7) is 5.33. The minimum Gasteiger partial charge on any atom is -0.384 e. The number of aryl methyl sites for hydroxylation is 1. The third kappa shape index (κ3) is 2.06. The Bertz CT molecular complexity index is 338. The standard InChI is InChI=1S/C9H12N2OS/c1-6-4-11-8(13-6)7(12)9(2,3)5-10/h4,7,12H,1-3H3. The molecule has 1 atom stereocenters. The molecular weight excluding hydrogens is 184 g/mol. The van der Waals surface area contributed by atoms with Crippen LogP contribution in [0.1, 0.15) is 29.8 Å². The lowest BCUT2D eigenvalue weighted by Gasteiger charge is -2.20. The quantitative estimate of drug-likeness (QED) is 0.787. The van der Waals surface area contributed by atoms with Crippen molar-refractivity contribution in [3.63, 3.8) is 0 Å². The first-order chi connectivity index (χ1) is 5.97. The van der Waals surface area contributed by atoms with Crippen molar-refractivity contribution in [3.05, 3.63) is 16.1 Å². The average molecular weight is 196 g/mol. The van der Waals surface area contributed by atoms with Crippen molar-refractivity contribution in [2.24, 2.45) is 5.41 Å². The fourth-order valence-corrected chi connectivity index (χ4v) is 1.82. The van der Waals surface area contributed by atoms with E-state index in [4.69, 9.17) is 5.26 Å². The molecular formula is C9H12N2OS.